The number of rotatable bonds is 13. The van der Waals surface area contributed by atoms with Crippen molar-refractivity contribution in [1.29, 1.82) is 0 Å². The minimum atomic E-state index is -0.358. The number of benzene rings is 2. The summed E-state index contributed by atoms with van der Waals surface area (Å²) in [7, 11) is 0. The normalized spacial score (nSPS) is 10.7. The molecule has 0 aromatic heterocycles. The van der Waals surface area contributed by atoms with Crippen molar-refractivity contribution in [2.24, 2.45) is 0 Å². The van der Waals surface area contributed by atoms with E-state index < -0.39 is 0 Å². The minimum Gasteiger partial charge on any atom is -0.491 e. The Kier molecular flexibility index (Phi) is 10.3. The van der Waals surface area contributed by atoms with Gasteiger partial charge in [-0.25, -0.2) is 4.39 Å². The molecule has 0 bridgehead atoms. The lowest BCUT2D eigenvalue weighted by atomic mass is 10.1. The second kappa shape index (κ2) is 13.0. The van der Waals surface area contributed by atoms with E-state index in [0.29, 0.717) is 24.5 Å². The van der Waals surface area contributed by atoms with Gasteiger partial charge in [-0.2, -0.15) is 0 Å². The number of hydrogen-bond acceptors (Lipinski definition) is 3. The molecule has 0 amide bonds. The third-order valence-electron chi connectivity index (χ3n) is 4.84. The van der Waals surface area contributed by atoms with E-state index in [-0.39, 0.29) is 11.8 Å². The van der Waals surface area contributed by atoms with Crippen LogP contribution in [0.5, 0.6) is 11.5 Å². The Bertz CT molecular complexity index is 740. The van der Waals surface area contributed by atoms with Gasteiger partial charge in [0.1, 0.15) is 5.75 Å². The maximum atomic E-state index is 14.4. The van der Waals surface area contributed by atoms with Crippen LogP contribution in [0.3, 0.4) is 0 Å². The molecule has 0 unspecified atom stereocenters. The van der Waals surface area contributed by atoms with Crippen molar-refractivity contribution in [3.63, 3.8) is 0 Å². The molecule has 0 aliphatic rings. The number of esters is 1. The predicted molar refractivity (Wildman–Crippen MR) is 116 cm³/mol. The van der Waals surface area contributed by atoms with E-state index in [4.69, 9.17) is 9.47 Å². The highest BCUT2D eigenvalue weighted by Crippen LogP contribution is 2.27. The van der Waals surface area contributed by atoms with Crippen LogP contribution in [0.15, 0.2) is 42.5 Å². The van der Waals surface area contributed by atoms with Gasteiger partial charge in [0.25, 0.3) is 0 Å². The maximum absolute atomic E-state index is 14.4. The van der Waals surface area contributed by atoms with Crippen molar-refractivity contribution in [3.8, 4) is 22.6 Å². The molecular weight excluding hydrogens is 367 g/mol. The molecule has 158 valence electrons. The van der Waals surface area contributed by atoms with Crippen LogP contribution in [-0.4, -0.2) is 12.6 Å². The molecule has 0 aliphatic carbocycles. The van der Waals surface area contributed by atoms with Gasteiger partial charge in [0, 0.05) is 6.42 Å². The molecule has 2 rings (SSSR count). The lowest BCUT2D eigenvalue weighted by Crippen LogP contribution is -2.07. The van der Waals surface area contributed by atoms with Crippen molar-refractivity contribution in [1.82, 2.24) is 0 Å². The molecule has 0 atom stereocenters. The number of halogens is 1. The van der Waals surface area contributed by atoms with E-state index in [1.165, 1.54) is 31.7 Å². The quantitative estimate of drug-likeness (QED) is 0.201. The zero-order valence-electron chi connectivity index (χ0n) is 17.7. The Morgan fingerprint density at radius 3 is 2.17 bits per heavy atom. The minimum absolute atomic E-state index is 0.225. The Balaban J connectivity index is 1.85. The summed E-state index contributed by atoms with van der Waals surface area (Å²) in [5.74, 6) is 0.221. The first-order valence-electron chi connectivity index (χ1n) is 10.9. The van der Waals surface area contributed by atoms with Gasteiger partial charge in [-0.05, 0) is 48.2 Å². The molecule has 0 spiro atoms. The van der Waals surface area contributed by atoms with Crippen molar-refractivity contribution in [2.45, 2.75) is 71.6 Å². The topological polar surface area (TPSA) is 35.5 Å². The maximum Gasteiger partial charge on any atom is 0.311 e. The van der Waals surface area contributed by atoms with Crippen LogP contribution in [0, 0.1) is 5.82 Å². The zero-order chi connectivity index (χ0) is 20.9. The van der Waals surface area contributed by atoms with Gasteiger partial charge < -0.3 is 9.47 Å². The van der Waals surface area contributed by atoms with Gasteiger partial charge in [0.15, 0.2) is 11.6 Å². The zero-order valence-corrected chi connectivity index (χ0v) is 17.7. The van der Waals surface area contributed by atoms with Gasteiger partial charge in [-0.15, -0.1) is 0 Å². The highest BCUT2D eigenvalue weighted by molar-refractivity contribution is 5.73. The van der Waals surface area contributed by atoms with Gasteiger partial charge in [-0.3, -0.25) is 4.79 Å². The molecule has 29 heavy (non-hydrogen) atoms. The van der Waals surface area contributed by atoms with E-state index in [9.17, 15) is 9.18 Å². The first-order chi connectivity index (χ1) is 14.1. The Labute approximate surface area is 174 Å². The summed E-state index contributed by atoms with van der Waals surface area (Å²) >= 11 is 0. The van der Waals surface area contributed by atoms with Crippen LogP contribution < -0.4 is 9.47 Å². The molecule has 2 aromatic carbocycles. The fraction of sp³-hybridized carbons (Fsp3) is 0.480. The molecular formula is C25H33FO3. The fourth-order valence-electron chi connectivity index (χ4n) is 3.08. The summed E-state index contributed by atoms with van der Waals surface area (Å²) in [5, 5.41) is 0. The van der Waals surface area contributed by atoms with E-state index in [0.717, 1.165) is 36.8 Å². The van der Waals surface area contributed by atoms with E-state index in [2.05, 4.69) is 6.92 Å². The highest BCUT2D eigenvalue weighted by Gasteiger charge is 2.08. The molecule has 0 heterocycles. The molecule has 0 N–H and O–H groups in total. The van der Waals surface area contributed by atoms with Crippen LogP contribution in [-0.2, 0) is 4.79 Å². The summed E-state index contributed by atoms with van der Waals surface area (Å²) in [6.45, 7) is 4.78. The number of carbonyl (C=O) groups excluding carboxylic acids is 1. The van der Waals surface area contributed by atoms with Crippen LogP contribution in [0.4, 0.5) is 4.39 Å². The lowest BCUT2D eigenvalue weighted by molar-refractivity contribution is -0.134. The lowest BCUT2D eigenvalue weighted by Gasteiger charge is -2.10. The second-order valence-corrected chi connectivity index (χ2v) is 7.36. The third-order valence-corrected chi connectivity index (χ3v) is 4.84. The second-order valence-electron chi connectivity index (χ2n) is 7.36. The largest absolute Gasteiger partial charge is 0.491 e. The summed E-state index contributed by atoms with van der Waals surface area (Å²) in [5.41, 5.74) is 1.62. The Hall–Kier alpha value is -2.36. The first kappa shape index (κ1) is 22.9. The average molecular weight is 401 g/mol. The number of carbonyl (C=O) groups is 1. The number of ether oxygens (including phenoxy) is 2. The molecule has 0 saturated carbocycles. The van der Waals surface area contributed by atoms with Gasteiger partial charge >= 0.3 is 5.97 Å². The molecule has 0 saturated heterocycles. The monoisotopic (exact) mass is 400 g/mol. The van der Waals surface area contributed by atoms with E-state index in [1.807, 2.05) is 25.1 Å². The Morgan fingerprint density at radius 2 is 1.48 bits per heavy atom. The first-order valence-corrected chi connectivity index (χ1v) is 10.9. The highest BCUT2D eigenvalue weighted by atomic mass is 19.1. The molecule has 4 heteroatoms. The standard InChI is InChI=1S/C25H33FO3/c1-3-5-7-8-9-10-18-28-24-17-14-21(19-23(24)26)20-12-15-22(16-13-20)29-25(27)11-6-4-2/h12-17,19H,3-11,18H2,1-2H3. The van der Waals surface area contributed by atoms with Crippen molar-refractivity contribution < 1.29 is 18.7 Å². The van der Waals surface area contributed by atoms with Crippen LogP contribution in [0.1, 0.15) is 71.6 Å². The molecule has 0 fully saturated rings. The predicted octanol–water partition coefficient (Wildman–Crippen LogP) is 7.33. The summed E-state index contributed by atoms with van der Waals surface area (Å²) < 4.78 is 25.3. The summed E-state index contributed by atoms with van der Waals surface area (Å²) in [6, 6.07) is 12.1. The van der Waals surface area contributed by atoms with Crippen molar-refractivity contribution in [3.05, 3.63) is 48.3 Å². The molecule has 0 radical (unpaired) electrons. The van der Waals surface area contributed by atoms with Gasteiger partial charge in [0.05, 0.1) is 6.61 Å². The Morgan fingerprint density at radius 1 is 0.828 bits per heavy atom. The van der Waals surface area contributed by atoms with Crippen LogP contribution in [0.2, 0.25) is 0 Å². The molecule has 0 aliphatic heterocycles. The van der Waals surface area contributed by atoms with E-state index >= 15 is 0 Å². The van der Waals surface area contributed by atoms with Crippen molar-refractivity contribution >= 4 is 5.97 Å². The third kappa shape index (κ3) is 8.26. The summed E-state index contributed by atoms with van der Waals surface area (Å²) in [4.78, 5) is 11.7. The number of unbranched alkanes of at least 4 members (excludes halogenated alkanes) is 6. The van der Waals surface area contributed by atoms with Gasteiger partial charge in [-0.1, -0.05) is 70.6 Å². The van der Waals surface area contributed by atoms with Crippen LogP contribution >= 0.6 is 0 Å². The van der Waals surface area contributed by atoms with Crippen LogP contribution in [0.25, 0.3) is 11.1 Å². The van der Waals surface area contributed by atoms with Crippen molar-refractivity contribution in [2.75, 3.05) is 6.61 Å². The van der Waals surface area contributed by atoms with Gasteiger partial charge in [0.2, 0.25) is 0 Å². The molecule has 2 aromatic rings. The molecule has 3 nitrogen and oxygen atoms in total. The fourth-order valence-corrected chi connectivity index (χ4v) is 3.08. The summed E-state index contributed by atoms with van der Waals surface area (Å²) in [6.07, 6.45) is 9.25. The smallest absolute Gasteiger partial charge is 0.311 e. The van der Waals surface area contributed by atoms with E-state index in [1.54, 1.807) is 18.2 Å². The average Bonchev–Trinajstić information content (AvgIpc) is 2.73. The number of hydrogen-bond donors (Lipinski definition) is 0. The SMILES string of the molecule is CCCCCCCCOc1ccc(-c2ccc(OC(=O)CCCC)cc2)cc1F.